The van der Waals surface area contributed by atoms with E-state index in [2.05, 4.69) is 17.0 Å². The van der Waals surface area contributed by atoms with E-state index in [9.17, 15) is 5.11 Å². The second-order valence-corrected chi connectivity index (χ2v) is 5.32. The summed E-state index contributed by atoms with van der Waals surface area (Å²) in [5.41, 5.74) is 1.30. The molecule has 0 amide bonds. The first-order valence-electron chi connectivity index (χ1n) is 7.10. The lowest BCUT2D eigenvalue weighted by atomic mass is 10.1. The van der Waals surface area contributed by atoms with Crippen LogP contribution >= 0.6 is 0 Å². The van der Waals surface area contributed by atoms with E-state index in [1.807, 2.05) is 6.07 Å². The van der Waals surface area contributed by atoms with E-state index >= 15 is 0 Å². The van der Waals surface area contributed by atoms with E-state index < -0.39 is 0 Å². The van der Waals surface area contributed by atoms with Gasteiger partial charge in [0.2, 0.25) is 0 Å². The average molecular weight is 263 g/mol. The first-order valence-corrected chi connectivity index (χ1v) is 7.10. The zero-order chi connectivity index (χ0) is 13.1. The van der Waals surface area contributed by atoms with Crippen LogP contribution in [0, 0.1) is 0 Å². The molecule has 0 aliphatic carbocycles. The highest BCUT2D eigenvalue weighted by atomic mass is 16.6. The van der Waals surface area contributed by atoms with E-state index in [4.69, 9.17) is 9.47 Å². The van der Waals surface area contributed by atoms with Gasteiger partial charge in [-0.05, 0) is 43.5 Å². The van der Waals surface area contributed by atoms with Crippen LogP contribution in [0.5, 0.6) is 11.5 Å². The quantitative estimate of drug-likeness (QED) is 0.893. The maximum absolute atomic E-state index is 9.48. The second-order valence-electron chi connectivity index (χ2n) is 5.32. The zero-order valence-electron chi connectivity index (χ0n) is 11.2. The molecule has 1 aromatic carbocycles. The Morgan fingerprint density at radius 1 is 1.21 bits per heavy atom. The summed E-state index contributed by atoms with van der Waals surface area (Å²) >= 11 is 0. The summed E-state index contributed by atoms with van der Waals surface area (Å²) in [7, 11) is 0. The Morgan fingerprint density at radius 3 is 2.84 bits per heavy atom. The minimum Gasteiger partial charge on any atom is -0.486 e. The minimum atomic E-state index is -0.116. The number of fused-ring (bicyclic) bond motifs is 1. The Labute approximate surface area is 113 Å². The Hall–Kier alpha value is -1.26. The van der Waals surface area contributed by atoms with Crippen LogP contribution < -0.4 is 9.47 Å². The van der Waals surface area contributed by atoms with E-state index in [-0.39, 0.29) is 6.10 Å². The largest absolute Gasteiger partial charge is 0.486 e. The summed E-state index contributed by atoms with van der Waals surface area (Å²) < 4.78 is 11.1. The Balaban J connectivity index is 1.50. The maximum atomic E-state index is 9.48. The van der Waals surface area contributed by atoms with Gasteiger partial charge in [-0.15, -0.1) is 0 Å². The third-order valence-electron chi connectivity index (χ3n) is 3.79. The fourth-order valence-corrected chi connectivity index (χ4v) is 2.77. The van der Waals surface area contributed by atoms with E-state index in [0.29, 0.717) is 13.2 Å². The number of benzene rings is 1. The van der Waals surface area contributed by atoms with Crippen molar-refractivity contribution >= 4 is 0 Å². The van der Waals surface area contributed by atoms with Crippen molar-refractivity contribution in [3.8, 4) is 11.5 Å². The molecule has 1 N–H and O–H groups in total. The Morgan fingerprint density at radius 2 is 2.05 bits per heavy atom. The van der Waals surface area contributed by atoms with Crippen molar-refractivity contribution in [1.29, 1.82) is 0 Å². The number of hydrogen-bond donors (Lipinski definition) is 1. The molecular formula is C15H21NO3. The molecule has 0 bridgehead atoms. The summed E-state index contributed by atoms with van der Waals surface area (Å²) in [5, 5.41) is 9.48. The van der Waals surface area contributed by atoms with E-state index in [0.717, 1.165) is 50.4 Å². The van der Waals surface area contributed by atoms with Crippen molar-refractivity contribution in [3.05, 3.63) is 23.8 Å². The summed E-state index contributed by atoms with van der Waals surface area (Å²) in [4.78, 5) is 2.34. The minimum absolute atomic E-state index is 0.116. The first kappa shape index (κ1) is 12.8. The first-order chi connectivity index (χ1) is 9.31. The molecule has 1 fully saturated rings. The standard InChI is InChI=1S/C15H21NO3/c17-13-5-7-16(11-13)6-1-2-12-3-4-14-15(10-12)19-9-8-18-14/h3-4,10,13,17H,1-2,5-9,11H2/t13-/m1/s1. The van der Waals surface area contributed by atoms with E-state index in [1.165, 1.54) is 5.56 Å². The molecule has 19 heavy (non-hydrogen) atoms. The second kappa shape index (κ2) is 5.80. The Kier molecular flexibility index (Phi) is 3.89. The molecule has 1 saturated heterocycles. The van der Waals surface area contributed by atoms with Gasteiger partial charge in [0.1, 0.15) is 13.2 Å². The fourth-order valence-electron chi connectivity index (χ4n) is 2.77. The van der Waals surface area contributed by atoms with Crippen LogP contribution in [-0.2, 0) is 6.42 Å². The van der Waals surface area contributed by atoms with Gasteiger partial charge in [-0.1, -0.05) is 6.07 Å². The summed E-state index contributed by atoms with van der Waals surface area (Å²) in [6.45, 7) is 4.21. The monoisotopic (exact) mass is 263 g/mol. The summed E-state index contributed by atoms with van der Waals surface area (Å²) in [5.74, 6) is 1.73. The highest BCUT2D eigenvalue weighted by molar-refractivity contribution is 5.43. The zero-order valence-corrected chi connectivity index (χ0v) is 11.2. The topological polar surface area (TPSA) is 41.9 Å². The summed E-state index contributed by atoms with van der Waals surface area (Å²) in [6.07, 6.45) is 2.97. The van der Waals surface area contributed by atoms with E-state index in [1.54, 1.807) is 0 Å². The number of ether oxygens (including phenoxy) is 2. The van der Waals surface area contributed by atoms with Crippen LogP contribution in [0.1, 0.15) is 18.4 Å². The van der Waals surface area contributed by atoms with Crippen molar-refractivity contribution in [2.24, 2.45) is 0 Å². The van der Waals surface area contributed by atoms with Gasteiger partial charge in [-0.2, -0.15) is 0 Å². The highest BCUT2D eigenvalue weighted by Gasteiger charge is 2.19. The van der Waals surface area contributed by atoms with Crippen LogP contribution in [0.2, 0.25) is 0 Å². The van der Waals surface area contributed by atoms with Crippen LogP contribution in [0.25, 0.3) is 0 Å². The number of nitrogens with zero attached hydrogens (tertiary/aromatic N) is 1. The number of β-amino-alcohol motifs (C(OH)–C–C–N with tert-alkyl or cyclic N) is 1. The lowest BCUT2D eigenvalue weighted by molar-refractivity contribution is 0.171. The van der Waals surface area contributed by atoms with Crippen molar-refractivity contribution < 1.29 is 14.6 Å². The molecular weight excluding hydrogens is 242 g/mol. The van der Waals surface area contributed by atoms with Gasteiger partial charge in [-0.3, -0.25) is 0 Å². The molecule has 4 nitrogen and oxygen atoms in total. The maximum Gasteiger partial charge on any atom is 0.161 e. The summed E-state index contributed by atoms with van der Waals surface area (Å²) in [6, 6.07) is 6.21. The SMILES string of the molecule is O[C@@H]1CCN(CCCc2ccc3c(c2)OCCO3)C1. The molecule has 104 valence electrons. The molecule has 0 unspecified atom stereocenters. The lowest BCUT2D eigenvalue weighted by Gasteiger charge is -2.19. The number of likely N-dealkylation sites (tertiary alicyclic amines) is 1. The molecule has 3 rings (SSSR count). The molecule has 2 aliphatic heterocycles. The number of aliphatic hydroxyl groups excluding tert-OH is 1. The van der Waals surface area contributed by atoms with Gasteiger partial charge in [0, 0.05) is 13.1 Å². The van der Waals surface area contributed by atoms with Crippen molar-refractivity contribution in [1.82, 2.24) is 4.90 Å². The number of rotatable bonds is 4. The lowest BCUT2D eigenvalue weighted by Crippen LogP contribution is -2.23. The predicted molar refractivity (Wildman–Crippen MR) is 72.8 cm³/mol. The van der Waals surface area contributed by atoms with Gasteiger partial charge in [-0.25, -0.2) is 0 Å². The van der Waals surface area contributed by atoms with Crippen LogP contribution in [0.4, 0.5) is 0 Å². The van der Waals surface area contributed by atoms with Crippen LogP contribution in [0.3, 0.4) is 0 Å². The highest BCUT2D eigenvalue weighted by Crippen LogP contribution is 2.31. The molecule has 0 spiro atoms. The Bertz CT molecular complexity index is 435. The third-order valence-corrected chi connectivity index (χ3v) is 3.79. The molecule has 2 heterocycles. The van der Waals surface area contributed by atoms with Crippen molar-refractivity contribution in [3.63, 3.8) is 0 Å². The smallest absolute Gasteiger partial charge is 0.161 e. The molecule has 0 saturated carbocycles. The fraction of sp³-hybridized carbons (Fsp3) is 0.600. The predicted octanol–water partition coefficient (Wildman–Crippen LogP) is 1.46. The number of hydrogen-bond acceptors (Lipinski definition) is 4. The van der Waals surface area contributed by atoms with Gasteiger partial charge in [0.15, 0.2) is 11.5 Å². The molecule has 1 aromatic rings. The van der Waals surface area contributed by atoms with Gasteiger partial charge >= 0.3 is 0 Å². The normalized spacial score (nSPS) is 22.7. The number of aryl methyl sites for hydroxylation is 1. The molecule has 2 aliphatic rings. The van der Waals surface area contributed by atoms with Gasteiger partial charge in [0.25, 0.3) is 0 Å². The molecule has 0 radical (unpaired) electrons. The van der Waals surface area contributed by atoms with Gasteiger partial charge in [0.05, 0.1) is 6.10 Å². The number of aliphatic hydroxyl groups is 1. The molecule has 1 atom stereocenters. The average Bonchev–Trinajstić information content (AvgIpc) is 2.84. The van der Waals surface area contributed by atoms with Crippen molar-refractivity contribution in [2.75, 3.05) is 32.8 Å². The molecule has 4 heteroatoms. The van der Waals surface area contributed by atoms with Crippen LogP contribution in [0.15, 0.2) is 18.2 Å². The van der Waals surface area contributed by atoms with Gasteiger partial charge < -0.3 is 19.5 Å². The van der Waals surface area contributed by atoms with Crippen molar-refractivity contribution in [2.45, 2.75) is 25.4 Å². The molecule has 0 aromatic heterocycles. The third kappa shape index (κ3) is 3.19. The van der Waals surface area contributed by atoms with Crippen LogP contribution in [-0.4, -0.2) is 49.0 Å².